The summed E-state index contributed by atoms with van der Waals surface area (Å²) in [6.07, 6.45) is 2.44. The predicted octanol–water partition coefficient (Wildman–Crippen LogP) is 3.32. The summed E-state index contributed by atoms with van der Waals surface area (Å²) in [7, 11) is 0. The van der Waals surface area contributed by atoms with Crippen LogP contribution in [0.3, 0.4) is 0 Å². The molecular formula is C16H26N2O. The molecule has 0 saturated carbocycles. The molecule has 3 N–H and O–H groups in total. The first-order valence-corrected chi connectivity index (χ1v) is 7.01. The first-order valence-electron chi connectivity index (χ1n) is 7.01. The normalized spacial score (nSPS) is 12.3. The molecule has 0 radical (unpaired) electrons. The Bertz CT molecular complexity index is 417. The van der Waals surface area contributed by atoms with Gasteiger partial charge in [0.05, 0.1) is 0 Å². The number of anilines is 1. The van der Waals surface area contributed by atoms with Gasteiger partial charge >= 0.3 is 0 Å². The molecule has 0 aliphatic rings. The van der Waals surface area contributed by atoms with E-state index >= 15 is 0 Å². The monoisotopic (exact) mass is 262 g/mol. The van der Waals surface area contributed by atoms with Gasteiger partial charge in [-0.25, -0.2) is 0 Å². The number of hydrogen-bond acceptors (Lipinski definition) is 2. The van der Waals surface area contributed by atoms with Crippen LogP contribution in [0.15, 0.2) is 12.1 Å². The average Bonchev–Trinajstić information content (AvgIpc) is 2.31. The molecule has 0 saturated heterocycles. The van der Waals surface area contributed by atoms with E-state index in [2.05, 4.69) is 31.3 Å². The van der Waals surface area contributed by atoms with Crippen molar-refractivity contribution in [3.63, 3.8) is 0 Å². The van der Waals surface area contributed by atoms with Gasteiger partial charge in [0.15, 0.2) is 0 Å². The maximum Gasteiger partial charge on any atom is 0.224 e. The second kappa shape index (κ2) is 7.29. The standard InChI is InChI=1S/C16H26N2O/c1-11(7-8-17)5-6-15(19)18-16-13(3)9-12(2)10-14(16)4/h9-11H,5-8,17H2,1-4H3,(H,18,19). The first-order chi connectivity index (χ1) is 8.93. The summed E-state index contributed by atoms with van der Waals surface area (Å²) >= 11 is 0. The molecule has 1 rings (SSSR count). The Hall–Kier alpha value is -1.35. The Morgan fingerprint density at radius 1 is 1.21 bits per heavy atom. The molecule has 106 valence electrons. The lowest BCUT2D eigenvalue weighted by atomic mass is 10.0. The van der Waals surface area contributed by atoms with Crippen molar-refractivity contribution < 1.29 is 4.79 Å². The van der Waals surface area contributed by atoms with Crippen LogP contribution in [0.2, 0.25) is 0 Å². The van der Waals surface area contributed by atoms with Crippen LogP contribution < -0.4 is 11.1 Å². The van der Waals surface area contributed by atoms with Crippen molar-refractivity contribution in [1.82, 2.24) is 0 Å². The van der Waals surface area contributed by atoms with E-state index in [-0.39, 0.29) is 5.91 Å². The van der Waals surface area contributed by atoms with Crippen LogP contribution in [-0.2, 0) is 4.79 Å². The molecule has 0 bridgehead atoms. The minimum Gasteiger partial charge on any atom is -0.330 e. The molecule has 1 aromatic rings. The second-order valence-electron chi connectivity index (χ2n) is 5.54. The van der Waals surface area contributed by atoms with Crippen LogP contribution in [0, 0.1) is 26.7 Å². The zero-order chi connectivity index (χ0) is 14.4. The quantitative estimate of drug-likeness (QED) is 0.826. The number of nitrogens with two attached hydrogens (primary N) is 1. The Morgan fingerprint density at radius 3 is 2.32 bits per heavy atom. The van der Waals surface area contributed by atoms with Crippen molar-refractivity contribution in [3.8, 4) is 0 Å². The van der Waals surface area contributed by atoms with Crippen molar-refractivity contribution >= 4 is 11.6 Å². The molecule has 1 amide bonds. The predicted molar refractivity (Wildman–Crippen MR) is 81.4 cm³/mol. The molecular weight excluding hydrogens is 236 g/mol. The topological polar surface area (TPSA) is 55.1 Å². The highest BCUT2D eigenvalue weighted by molar-refractivity contribution is 5.92. The molecule has 3 nitrogen and oxygen atoms in total. The van der Waals surface area contributed by atoms with Gasteiger partial charge in [0.25, 0.3) is 0 Å². The van der Waals surface area contributed by atoms with Gasteiger partial charge in [-0.3, -0.25) is 4.79 Å². The van der Waals surface area contributed by atoms with Crippen molar-refractivity contribution in [2.75, 3.05) is 11.9 Å². The SMILES string of the molecule is Cc1cc(C)c(NC(=O)CCC(C)CCN)c(C)c1. The number of hydrogen-bond donors (Lipinski definition) is 2. The van der Waals surface area contributed by atoms with Crippen LogP contribution in [0.25, 0.3) is 0 Å². The number of carbonyl (C=O) groups is 1. The molecule has 0 aliphatic carbocycles. The number of nitrogens with one attached hydrogen (secondary N) is 1. The third kappa shape index (κ3) is 5.03. The minimum atomic E-state index is 0.0962. The molecule has 1 atom stereocenters. The van der Waals surface area contributed by atoms with Gasteiger partial charge in [-0.2, -0.15) is 0 Å². The third-order valence-corrected chi connectivity index (χ3v) is 3.47. The van der Waals surface area contributed by atoms with E-state index in [1.54, 1.807) is 0 Å². The van der Waals surface area contributed by atoms with Crippen molar-refractivity contribution in [3.05, 3.63) is 28.8 Å². The lowest BCUT2D eigenvalue weighted by molar-refractivity contribution is -0.116. The van der Waals surface area contributed by atoms with Gasteiger partial charge in [-0.1, -0.05) is 24.6 Å². The van der Waals surface area contributed by atoms with Gasteiger partial charge in [-0.15, -0.1) is 0 Å². The second-order valence-corrected chi connectivity index (χ2v) is 5.54. The Balaban J connectivity index is 2.58. The summed E-state index contributed by atoms with van der Waals surface area (Å²) < 4.78 is 0. The van der Waals surface area contributed by atoms with Crippen molar-refractivity contribution in [2.24, 2.45) is 11.7 Å². The van der Waals surface area contributed by atoms with Gasteiger partial charge in [0, 0.05) is 12.1 Å². The minimum absolute atomic E-state index is 0.0962. The van der Waals surface area contributed by atoms with Crippen LogP contribution in [-0.4, -0.2) is 12.5 Å². The van der Waals surface area contributed by atoms with Gasteiger partial charge in [0.2, 0.25) is 5.91 Å². The van der Waals surface area contributed by atoms with E-state index < -0.39 is 0 Å². The lowest BCUT2D eigenvalue weighted by Crippen LogP contribution is -2.15. The highest BCUT2D eigenvalue weighted by Crippen LogP contribution is 2.22. The van der Waals surface area contributed by atoms with Crippen LogP contribution in [0.1, 0.15) is 42.9 Å². The maximum absolute atomic E-state index is 12.0. The van der Waals surface area contributed by atoms with Crippen molar-refractivity contribution in [2.45, 2.75) is 47.0 Å². The lowest BCUT2D eigenvalue weighted by Gasteiger charge is -2.14. The molecule has 3 heteroatoms. The summed E-state index contributed by atoms with van der Waals surface area (Å²) in [5, 5.41) is 3.03. The average molecular weight is 262 g/mol. The van der Waals surface area contributed by atoms with E-state index in [9.17, 15) is 4.79 Å². The van der Waals surface area contributed by atoms with Gasteiger partial charge in [-0.05, 0) is 57.2 Å². The molecule has 1 aromatic carbocycles. The summed E-state index contributed by atoms with van der Waals surface area (Å²) in [6, 6.07) is 4.19. The molecule has 0 aromatic heterocycles. The van der Waals surface area contributed by atoms with E-state index in [1.165, 1.54) is 5.56 Å². The summed E-state index contributed by atoms with van der Waals surface area (Å²) in [4.78, 5) is 12.0. The molecule has 0 fully saturated rings. The zero-order valence-corrected chi connectivity index (χ0v) is 12.5. The number of aryl methyl sites for hydroxylation is 3. The van der Waals surface area contributed by atoms with Crippen molar-refractivity contribution in [1.29, 1.82) is 0 Å². The first kappa shape index (κ1) is 15.7. The largest absolute Gasteiger partial charge is 0.330 e. The number of benzene rings is 1. The molecule has 0 heterocycles. The fourth-order valence-electron chi connectivity index (χ4n) is 2.39. The third-order valence-electron chi connectivity index (χ3n) is 3.47. The highest BCUT2D eigenvalue weighted by atomic mass is 16.1. The summed E-state index contributed by atoms with van der Waals surface area (Å²) in [5.41, 5.74) is 9.95. The number of carbonyl (C=O) groups excluding carboxylic acids is 1. The van der Waals surface area contributed by atoms with E-state index in [0.717, 1.165) is 29.7 Å². The van der Waals surface area contributed by atoms with Crippen LogP contribution in [0.5, 0.6) is 0 Å². The van der Waals surface area contributed by atoms with Gasteiger partial charge in [0.1, 0.15) is 0 Å². The summed E-state index contributed by atoms with van der Waals surface area (Å²) in [5.74, 6) is 0.606. The molecule has 1 unspecified atom stereocenters. The molecule has 0 spiro atoms. The Kier molecular flexibility index (Phi) is 6.03. The molecule has 0 aliphatic heterocycles. The molecule has 19 heavy (non-hydrogen) atoms. The number of amides is 1. The van der Waals surface area contributed by atoms with Crippen LogP contribution >= 0.6 is 0 Å². The summed E-state index contributed by atoms with van der Waals surface area (Å²) in [6.45, 7) is 8.97. The van der Waals surface area contributed by atoms with E-state index in [0.29, 0.717) is 18.9 Å². The highest BCUT2D eigenvalue weighted by Gasteiger charge is 2.10. The zero-order valence-electron chi connectivity index (χ0n) is 12.5. The smallest absolute Gasteiger partial charge is 0.224 e. The van der Waals surface area contributed by atoms with Gasteiger partial charge < -0.3 is 11.1 Å². The Labute approximate surface area is 116 Å². The fourth-order valence-corrected chi connectivity index (χ4v) is 2.39. The number of rotatable bonds is 6. The van der Waals surface area contributed by atoms with E-state index in [4.69, 9.17) is 5.73 Å². The van der Waals surface area contributed by atoms with E-state index in [1.807, 2.05) is 13.8 Å². The van der Waals surface area contributed by atoms with Crippen LogP contribution in [0.4, 0.5) is 5.69 Å². The fraction of sp³-hybridized carbons (Fsp3) is 0.562. The Morgan fingerprint density at radius 2 is 1.79 bits per heavy atom. The maximum atomic E-state index is 12.0.